The summed E-state index contributed by atoms with van der Waals surface area (Å²) >= 11 is 0. The Balaban J connectivity index is 2.58. The third-order valence-corrected chi connectivity index (χ3v) is 5.29. The highest BCUT2D eigenvalue weighted by molar-refractivity contribution is 5.77. The van der Waals surface area contributed by atoms with Gasteiger partial charge in [-0.1, -0.05) is 52.9 Å². The van der Waals surface area contributed by atoms with E-state index in [0.717, 1.165) is 18.8 Å². The molecule has 1 N–H and O–H groups in total. The second kappa shape index (κ2) is 11.4. The van der Waals surface area contributed by atoms with E-state index in [-0.39, 0.29) is 5.97 Å². The van der Waals surface area contributed by atoms with Gasteiger partial charge in [-0.25, -0.2) is 4.98 Å². The van der Waals surface area contributed by atoms with Crippen molar-refractivity contribution in [2.75, 3.05) is 6.61 Å². The van der Waals surface area contributed by atoms with Crippen molar-refractivity contribution in [2.45, 2.75) is 85.8 Å². The molecule has 0 aliphatic heterocycles. The molecule has 0 radical (unpaired) electrons. The molecular formula is C21H38N2O3. The number of hydrogen-bond donors (Lipinski definition) is 1. The summed E-state index contributed by atoms with van der Waals surface area (Å²) in [5.74, 6) is 1.10. The summed E-state index contributed by atoms with van der Waals surface area (Å²) < 4.78 is 7.07. The minimum atomic E-state index is -0.891. The molecule has 0 amide bonds. The SMILES string of the molecule is CCOC(=O)C(C)(CCCC(C)CCCC(C)C)C(O)Cn1ccnc1. The highest BCUT2D eigenvalue weighted by Crippen LogP contribution is 2.32. The van der Waals surface area contributed by atoms with Gasteiger partial charge in [0.2, 0.25) is 0 Å². The molecule has 5 nitrogen and oxygen atoms in total. The van der Waals surface area contributed by atoms with Crippen LogP contribution in [0.2, 0.25) is 0 Å². The molecule has 0 aliphatic carbocycles. The van der Waals surface area contributed by atoms with Crippen LogP contribution in [0.5, 0.6) is 0 Å². The van der Waals surface area contributed by atoms with Crippen molar-refractivity contribution in [3.8, 4) is 0 Å². The van der Waals surface area contributed by atoms with Crippen molar-refractivity contribution in [1.29, 1.82) is 0 Å². The van der Waals surface area contributed by atoms with Crippen LogP contribution in [-0.4, -0.2) is 33.3 Å². The van der Waals surface area contributed by atoms with Crippen LogP contribution in [0.1, 0.15) is 73.1 Å². The van der Waals surface area contributed by atoms with Gasteiger partial charge in [-0.15, -0.1) is 0 Å². The van der Waals surface area contributed by atoms with Gasteiger partial charge in [-0.3, -0.25) is 4.79 Å². The molecule has 0 aliphatic rings. The normalized spacial score (nSPS) is 16.3. The van der Waals surface area contributed by atoms with Gasteiger partial charge < -0.3 is 14.4 Å². The first-order valence-electron chi connectivity index (χ1n) is 10.1. The molecule has 1 aromatic heterocycles. The number of esters is 1. The fourth-order valence-corrected chi connectivity index (χ4v) is 3.33. The third-order valence-electron chi connectivity index (χ3n) is 5.29. The Hall–Kier alpha value is -1.36. The minimum Gasteiger partial charge on any atom is -0.465 e. The second-order valence-electron chi connectivity index (χ2n) is 8.24. The quantitative estimate of drug-likeness (QED) is 0.524. The lowest BCUT2D eigenvalue weighted by molar-refractivity contribution is -0.163. The van der Waals surface area contributed by atoms with Crippen molar-refractivity contribution in [3.05, 3.63) is 18.7 Å². The first kappa shape index (κ1) is 22.7. The highest BCUT2D eigenvalue weighted by Gasteiger charge is 2.41. The topological polar surface area (TPSA) is 64.3 Å². The zero-order chi connectivity index (χ0) is 19.6. The number of nitrogens with zero attached hydrogens (tertiary/aromatic N) is 2. The van der Waals surface area contributed by atoms with Crippen molar-refractivity contribution in [2.24, 2.45) is 17.3 Å². The molecule has 0 saturated heterocycles. The Bertz CT molecular complexity index is 501. The summed E-state index contributed by atoms with van der Waals surface area (Å²) in [6, 6.07) is 0. The lowest BCUT2D eigenvalue weighted by Gasteiger charge is -2.32. The van der Waals surface area contributed by atoms with Crippen LogP contribution in [0.15, 0.2) is 18.7 Å². The van der Waals surface area contributed by atoms with Gasteiger partial charge in [-0.05, 0) is 32.1 Å². The molecule has 3 unspecified atom stereocenters. The number of ether oxygens (including phenoxy) is 1. The van der Waals surface area contributed by atoms with Crippen LogP contribution in [0, 0.1) is 17.3 Å². The predicted molar refractivity (Wildman–Crippen MR) is 105 cm³/mol. The number of aromatic nitrogens is 2. The average Bonchev–Trinajstić information content (AvgIpc) is 3.07. The Labute approximate surface area is 159 Å². The van der Waals surface area contributed by atoms with Crippen LogP contribution in [0.25, 0.3) is 0 Å². The van der Waals surface area contributed by atoms with E-state index >= 15 is 0 Å². The molecule has 0 bridgehead atoms. The van der Waals surface area contributed by atoms with Crippen molar-refractivity contribution in [3.63, 3.8) is 0 Å². The fourth-order valence-electron chi connectivity index (χ4n) is 3.33. The molecule has 0 saturated carbocycles. The second-order valence-corrected chi connectivity index (χ2v) is 8.24. The average molecular weight is 367 g/mol. The maximum absolute atomic E-state index is 12.6. The van der Waals surface area contributed by atoms with Crippen LogP contribution in [0.3, 0.4) is 0 Å². The van der Waals surface area contributed by atoms with Crippen molar-refractivity contribution >= 4 is 5.97 Å². The number of carbonyl (C=O) groups excluding carboxylic acids is 1. The van der Waals surface area contributed by atoms with Gasteiger partial charge in [-0.2, -0.15) is 0 Å². The smallest absolute Gasteiger partial charge is 0.314 e. The van der Waals surface area contributed by atoms with E-state index in [9.17, 15) is 9.90 Å². The number of carbonyl (C=O) groups is 1. The lowest BCUT2D eigenvalue weighted by Crippen LogP contribution is -2.43. The Morgan fingerprint density at radius 2 is 1.92 bits per heavy atom. The standard InChI is InChI=1S/C21H38N2O3/c1-6-26-20(25)21(5,19(24)15-23-14-13-22-16-23)12-8-11-18(4)10-7-9-17(2)3/h13-14,16-19,24H,6-12,15H2,1-5H3. The van der Waals surface area contributed by atoms with Crippen molar-refractivity contribution < 1.29 is 14.6 Å². The number of rotatable bonds is 13. The van der Waals surface area contributed by atoms with Gasteiger partial charge in [0.25, 0.3) is 0 Å². The van der Waals surface area contributed by atoms with Crippen LogP contribution < -0.4 is 0 Å². The van der Waals surface area contributed by atoms with E-state index in [1.54, 1.807) is 30.2 Å². The van der Waals surface area contributed by atoms with E-state index in [1.165, 1.54) is 19.3 Å². The minimum absolute atomic E-state index is 0.305. The van der Waals surface area contributed by atoms with Gasteiger partial charge in [0.1, 0.15) is 0 Å². The summed E-state index contributed by atoms with van der Waals surface area (Å²) in [5, 5.41) is 10.8. The van der Waals surface area contributed by atoms with Crippen LogP contribution in [0.4, 0.5) is 0 Å². The number of aliphatic hydroxyl groups is 1. The zero-order valence-corrected chi connectivity index (χ0v) is 17.3. The van der Waals surface area contributed by atoms with Gasteiger partial charge >= 0.3 is 5.97 Å². The fraction of sp³-hybridized carbons (Fsp3) is 0.810. The lowest BCUT2D eigenvalue weighted by atomic mass is 9.78. The molecule has 0 spiro atoms. The molecule has 1 aromatic rings. The number of imidazole rings is 1. The summed E-state index contributed by atoms with van der Waals surface area (Å²) in [6.07, 6.45) is 10.7. The molecule has 150 valence electrons. The predicted octanol–water partition coefficient (Wildman–Crippen LogP) is 4.45. The zero-order valence-electron chi connectivity index (χ0n) is 17.3. The van der Waals surface area contributed by atoms with E-state index in [2.05, 4.69) is 25.8 Å². The van der Waals surface area contributed by atoms with E-state index in [1.807, 2.05) is 6.92 Å². The molecule has 1 heterocycles. The van der Waals surface area contributed by atoms with E-state index in [4.69, 9.17) is 4.74 Å². The molecular weight excluding hydrogens is 328 g/mol. The summed E-state index contributed by atoms with van der Waals surface area (Å²) in [7, 11) is 0. The summed E-state index contributed by atoms with van der Waals surface area (Å²) in [6.45, 7) is 11.1. The highest BCUT2D eigenvalue weighted by atomic mass is 16.5. The first-order valence-corrected chi connectivity index (χ1v) is 10.1. The molecule has 26 heavy (non-hydrogen) atoms. The van der Waals surface area contributed by atoms with Crippen LogP contribution >= 0.6 is 0 Å². The van der Waals surface area contributed by atoms with Gasteiger partial charge in [0.05, 0.1) is 31.0 Å². The summed E-state index contributed by atoms with van der Waals surface area (Å²) in [5.41, 5.74) is -0.891. The molecule has 0 fully saturated rings. The monoisotopic (exact) mass is 366 g/mol. The van der Waals surface area contributed by atoms with Crippen LogP contribution in [-0.2, 0) is 16.1 Å². The third kappa shape index (κ3) is 7.48. The Morgan fingerprint density at radius 1 is 1.23 bits per heavy atom. The Morgan fingerprint density at radius 3 is 2.50 bits per heavy atom. The first-order chi connectivity index (χ1) is 12.3. The van der Waals surface area contributed by atoms with Gasteiger partial charge in [0.15, 0.2) is 0 Å². The van der Waals surface area contributed by atoms with Crippen molar-refractivity contribution in [1.82, 2.24) is 9.55 Å². The number of hydrogen-bond acceptors (Lipinski definition) is 4. The number of aliphatic hydroxyl groups excluding tert-OH is 1. The Kier molecular flexibility index (Phi) is 9.92. The van der Waals surface area contributed by atoms with E-state index < -0.39 is 11.5 Å². The van der Waals surface area contributed by atoms with Gasteiger partial charge in [0, 0.05) is 12.4 Å². The summed E-state index contributed by atoms with van der Waals surface area (Å²) in [4.78, 5) is 16.6. The molecule has 5 heteroatoms. The molecule has 3 atom stereocenters. The molecule has 0 aromatic carbocycles. The maximum atomic E-state index is 12.6. The molecule has 1 rings (SSSR count). The van der Waals surface area contributed by atoms with E-state index in [0.29, 0.717) is 25.5 Å². The maximum Gasteiger partial charge on any atom is 0.314 e. The largest absolute Gasteiger partial charge is 0.465 e.